The third-order valence-electron chi connectivity index (χ3n) is 7.65. The van der Waals surface area contributed by atoms with Gasteiger partial charge in [-0.1, -0.05) is 40.9 Å². The average molecular weight is 653 g/mol. The van der Waals surface area contributed by atoms with Crippen molar-refractivity contribution in [2.75, 3.05) is 6.61 Å². The highest BCUT2D eigenvalue weighted by molar-refractivity contribution is 6.34. The van der Waals surface area contributed by atoms with E-state index in [0.29, 0.717) is 44.1 Å². The van der Waals surface area contributed by atoms with E-state index in [0.717, 1.165) is 30.2 Å². The Morgan fingerprint density at radius 3 is 2.55 bits per heavy atom. The van der Waals surface area contributed by atoms with Crippen molar-refractivity contribution in [1.82, 2.24) is 24.2 Å². The minimum atomic E-state index is -0.341. The highest BCUT2D eigenvalue weighted by Crippen LogP contribution is 2.32. The number of fused-ring (bicyclic) bond motifs is 1. The summed E-state index contributed by atoms with van der Waals surface area (Å²) in [4.78, 5) is 42.1. The fourth-order valence-electron chi connectivity index (χ4n) is 5.39. The lowest BCUT2D eigenvalue weighted by Gasteiger charge is -2.24. The zero-order chi connectivity index (χ0) is 30.8. The number of ether oxygens (including phenoxy) is 1. The lowest BCUT2D eigenvalue weighted by molar-refractivity contribution is -0.0369. The molecule has 0 radical (unpaired) electrons. The summed E-state index contributed by atoms with van der Waals surface area (Å²) in [5.74, 6) is -0.341. The van der Waals surface area contributed by atoms with Crippen LogP contribution in [0.3, 0.4) is 0 Å². The van der Waals surface area contributed by atoms with Crippen LogP contribution in [0.5, 0.6) is 0 Å². The summed E-state index contributed by atoms with van der Waals surface area (Å²) in [5.41, 5.74) is 2.58. The van der Waals surface area contributed by atoms with Gasteiger partial charge in [-0.15, -0.1) is 0 Å². The van der Waals surface area contributed by atoms with Crippen LogP contribution in [0, 0.1) is 0 Å². The summed E-state index contributed by atoms with van der Waals surface area (Å²) in [5, 5.41) is 7.08. The molecular formula is C32H28Cl3N5O4. The first-order valence-corrected chi connectivity index (χ1v) is 15.3. The Balaban J connectivity index is 1.37. The van der Waals surface area contributed by atoms with Gasteiger partial charge in [-0.25, -0.2) is 4.68 Å². The number of benzene rings is 2. The molecule has 1 atom stereocenters. The lowest BCUT2D eigenvalue weighted by Crippen LogP contribution is -2.31. The molecular weight excluding hydrogens is 625 g/mol. The van der Waals surface area contributed by atoms with E-state index >= 15 is 0 Å². The van der Waals surface area contributed by atoms with Gasteiger partial charge in [-0.3, -0.25) is 14.4 Å². The van der Waals surface area contributed by atoms with E-state index in [1.807, 2.05) is 22.9 Å². The van der Waals surface area contributed by atoms with E-state index in [-0.39, 0.29) is 42.9 Å². The van der Waals surface area contributed by atoms with Crippen LogP contribution >= 0.6 is 34.8 Å². The van der Waals surface area contributed by atoms with Crippen LogP contribution in [0.15, 0.2) is 82.6 Å². The number of amides is 1. The standard InChI is InChI=1S/C32H28Cl3N5O4/c33-23-8-9-28-24(15-23)27(37-40(28)31-6-2-4-12-44-31)19-39(32(43)20-7-10-29(41)36-16-20)18-22-14-25(34)21(13-26(22)35)17-38-11-3-1-5-30(38)42/h1,3,5,7-11,13-16,31H,2,4,6,12,17-19H2,(H,36,41). The Bertz CT molecular complexity index is 1940. The van der Waals surface area contributed by atoms with Gasteiger partial charge < -0.3 is 19.2 Å². The highest BCUT2D eigenvalue weighted by Gasteiger charge is 2.25. The van der Waals surface area contributed by atoms with Gasteiger partial charge in [0, 0.05) is 58.1 Å². The van der Waals surface area contributed by atoms with E-state index in [2.05, 4.69) is 4.98 Å². The molecule has 12 heteroatoms. The predicted octanol–water partition coefficient (Wildman–Crippen LogP) is 6.44. The minimum Gasteiger partial charge on any atom is -0.356 e. The molecule has 226 valence electrons. The molecule has 0 bridgehead atoms. The minimum absolute atomic E-state index is 0.0942. The number of pyridine rings is 2. The summed E-state index contributed by atoms with van der Waals surface area (Å²) in [6.45, 7) is 1.10. The Kier molecular flexibility index (Phi) is 8.91. The molecule has 2 aromatic carbocycles. The number of nitrogens with zero attached hydrogens (tertiary/aromatic N) is 4. The SMILES string of the molecule is O=C(c1ccc(=O)[nH]c1)N(Cc1cc(Cl)c(Cn2ccccc2=O)cc1Cl)Cc1nn(C2CCCCO2)c2ccc(Cl)cc12. The van der Waals surface area contributed by atoms with Crippen molar-refractivity contribution in [1.29, 1.82) is 0 Å². The summed E-state index contributed by atoms with van der Waals surface area (Å²) < 4.78 is 9.44. The number of carbonyl (C=O) groups excluding carboxylic acids is 1. The maximum atomic E-state index is 13.9. The van der Waals surface area contributed by atoms with Gasteiger partial charge in [-0.05, 0) is 72.9 Å². The molecule has 44 heavy (non-hydrogen) atoms. The molecule has 0 spiro atoms. The fraction of sp³-hybridized carbons (Fsp3) is 0.250. The molecule has 1 fully saturated rings. The van der Waals surface area contributed by atoms with Crippen molar-refractivity contribution in [3.05, 3.63) is 131 Å². The molecule has 1 amide bonds. The van der Waals surface area contributed by atoms with Crippen LogP contribution in [-0.4, -0.2) is 36.7 Å². The van der Waals surface area contributed by atoms with E-state index in [1.54, 1.807) is 35.4 Å². The normalized spacial score (nSPS) is 15.0. The molecule has 3 aromatic heterocycles. The number of hydrogen-bond donors (Lipinski definition) is 1. The molecule has 0 saturated carbocycles. The second-order valence-electron chi connectivity index (χ2n) is 10.7. The summed E-state index contributed by atoms with van der Waals surface area (Å²) in [6.07, 6.45) is 5.70. The van der Waals surface area contributed by atoms with Gasteiger partial charge in [-0.2, -0.15) is 5.10 Å². The number of aromatic amines is 1. The van der Waals surface area contributed by atoms with E-state index < -0.39 is 0 Å². The van der Waals surface area contributed by atoms with E-state index in [4.69, 9.17) is 44.6 Å². The molecule has 4 heterocycles. The second kappa shape index (κ2) is 13.0. The maximum absolute atomic E-state index is 13.9. The molecule has 1 aliphatic heterocycles. The van der Waals surface area contributed by atoms with Gasteiger partial charge >= 0.3 is 0 Å². The largest absolute Gasteiger partial charge is 0.356 e. The van der Waals surface area contributed by atoms with Gasteiger partial charge in [0.1, 0.15) is 0 Å². The van der Waals surface area contributed by atoms with Crippen molar-refractivity contribution in [2.45, 2.75) is 45.1 Å². The van der Waals surface area contributed by atoms with Gasteiger partial charge in [0.2, 0.25) is 5.56 Å². The first-order chi connectivity index (χ1) is 21.3. The fourth-order valence-corrected chi connectivity index (χ4v) is 6.05. The Hall–Kier alpha value is -3.89. The topological polar surface area (TPSA) is 102 Å². The first kappa shape index (κ1) is 30.1. The van der Waals surface area contributed by atoms with Crippen LogP contribution in [0.25, 0.3) is 10.9 Å². The molecule has 1 N–H and O–H groups in total. The van der Waals surface area contributed by atoms with Crippen LogP contribution in [0.4, 0.5) is 0 Å². The average Bonchev–Trinajstić information content (AvgIpc) is 3.38. The van der Waals surface area contributed by atoms with E-state index in [9.17, 15) is 14.4 Å². The number of nitrogens with one attached hydrogen (secondary N) is 1. The molecule has 1 unspecified atom stereocenters. The first-order valence-electron chi connectivity index (χ1n) is 14.2. The van der Waals surface area contributed by atoms with E-state index in [1.165, 1.54) is 29.0 Å². The highest BCUT2D eigenvalue weighted by atomic mass is 35.5. The number of halogens is 3. The number of rotatable bonds is 8. The third-order valence-corrected chi connectivity index (χ3v) is 8.59. The summed E-state index contributed by atoms with van der Waals surface area (Å²) in [6, 6.07) is 16.7. The van der Waals surface area contributed by atoms with Crippen LogP contribution in [0.1, 0.15) is 52.7 Å². The molecule has 5 aromatic rings. The molecule has 1 aliphatic rings. The Labute approximate surface area is 267 Å². The quantitative estimate of drug-likeness (QED) is 0.208. The number of H-pyrrole nitrogens is 1. The van der Waals surface area contributed by atoms with Crippen molar-refractivity contribution in [3.8, 4) is 0 Å². The monoisotopic (exact) mass is 651 g/mol. The molecule has 9 nitrogen and oxygen atoms in total. The van der Waals surface area contributed by atoms with Crippen LogP contribution in [0.2, 0.25) is 15.1 Å². The van der Waals surface area contributed by atoms with Crippen molar-refractivity contribution >= 4 is 51.6 Å². The Morgan fingerprint density at radius 1 is 0.977 bits per heavy atom. The van der Waals surface area contributed by atoms with Crippen molar-refractivity contribution in [2.24, 2.45) is 0 Å². The van der Waals surface area contributed by atoms with Crippen molar-refractivity contribution in [3.63, 3.8) is 0 Å². The molecule has 6 rings (SSSR count). The number of carbonyl (C=O) groups is 1. The predicted molar refractivity (Wildman–Crippen MR) is 170 cm³/mol. The summed E-state index contributed by atoms with van der Waals surface area (Å²) >= 11 is 19.9. The maximum Gasteiger partial charge on any atom is 0.255 e. The Morgan fingerprint density at radius 2 is 1.80 bits per heavy atom. The smallest absolute Gasteiger partial charge is 0.255 e. The number of aromatic nitrogens is 4. The van der Waals surface area contributed by atoms with Gasteiger partial charge in [0.15, 0.2) is 6.23 Å². The molecule has 0 aliphatic carbocycles. The molecule has 1 saturated heterocycles. The zero-order valence-electron chi connectivity index (χ0n) is 23.5. The van der Waals surface area contributed by atoms with Crippen molar-refractivity contribution < 1.29 is 9.53 Å². The zero-order valence-corrected chi connectivity index (χ0v) is 25.8. The van der Waals surface area contributed by atoms with Gasteiger partial charge in [0.25, 0.3) is 11.5 Å². The number of hydrogen-bond acceptors (Lipinski definition) is 5. The third kappa shape index (κ3) is 6.46. The lowest BCUT2D eigenvalue weighted by atomic mass is 10.1. The summed E-state index contributed by atoms with van der Waals surface area (Å²) in [7, 11) is 0. The van der Waals surface area contributed by atoms with Gasteiger partial charge in [0.05, 0.1) is 29.9 Å². The van der Waals surface area contributed by atoms with Crippen LogP contribution < -0.4 is 11.1 Å². The second-order valence-corrected chi connectivity index (χ2v) is 11.9. The van der Waals surface area contributed by atoms with Crippen LogP contribution in [-0.2, 0) is 24.4 Å².